The summed E-state index contributed by atoms with van der Waals surface area (Å²) >= 11 is 1.49. The van der Waals surface area contributed by atoms with E-state index in [1.807, 2.05) is 24.4 Å². The number of aromatic nitrogens is 4. The zero-order valence-corrected chi connectivity index (χ0v) is 22.5. The van der Waals surface area contributed by atoms with Gasteiger partial charge in [0.05, 0.1) is 39.5 Å². The Labute approximate surface area is 229 Å². The van der Waals surface area contributed by atoms with Crippen LogP contribution in [0, 0.1) is 5.82 Å². The standard InChI is InChI=1S/C29H28FN5O3S/c1-35-11-8-21(34-35)15-22(36)13-19-4-6-26(23(30)14-19)38-27-7-9-32-25-16-28(39-29(25)27)24-5-3-20(18-33-24)17-31-10-12-37-2/h3-9,11,14,16,18,31H,10,12-13,15,17H2,1-2H3. The molecule has 0 amide bonds. The second-order valence-corrected chi connectivity index (χ2v) is 10.1. The van der Waals surface area contributed by atoms with Crippen LogP contribution in [0.1, 0.15) is 16.8 Å². The number of fused-ring (bicyclic) bond motifs is 1. The zero-order chi connectivity index (χ0) is 27.2. The van der Waals surface area contributed by atoms with Gasteiger partial charge in [0.1, 0.15) is 11.5 Å². The molecule has 5 aromatic rings. The summed E-state index contributed by atoms with van der Waals surface area (Å²) in [5.74, 6) is 0.0267. The van der Waals surface area contributed by atoms with Gasteiger partial charge in [-0.15, -0.1) is 11.3 Å². The molecule has 0 unspecified atom stereocenters. The first-order chi connectivity index (χ1) is 19.0. The van der Waals surface area contributed by atoms with Crippen LogP contribution in [-0.2, 0) is 36.0 Å². The number of benzene rings is 1. The van der Waals surface area contributed by atoms with E-state index in [-0.39, 0.29) is 24.4 Å². The average Bonchev–Trinajstić information content (AvgIpc) is 3.55. The van der Waals surface area contributed by atoms with Crippen molar-refractivity contribution in [2.75, 3.05) is 20.3 Å². The molecule has 0 saturated heterocycles. The predicted octanol–water partition coefficient (Wildman–Crippen LogP) is 5.11. The third-order valence-corrected chi connectivity index (χ3v) is 7.19. The van der Waals surface area contributed by atoms with Crippen molar-refractivity contribution < 1.29 is 18.7 Å². The largest absolute Gasteiger partial charge is 0.453 e. The van der Waals surface area contributed by atoms with Gasteiger partial charge in [-0.25, -0.2) is 4.39 Å². The molecular weight excluding hydrogens is 517 g/mol. The van der Waals surface area contributed by atoms with Crippen LogP contribution in [-0.4, -0.2) is 45.8 Å². The van der Waals surface area contributed by atoms with E-state index in [0.717, 1.165) is 32.9 Å². The zero-order valence-electron chi connectivity index (χ0n) is 21.7. The highest BCUT2D eigenvalue weighted by Crippen LogP contribution is 2.39. The quantitative estimate of drug-likeness (QED) is 0.218. The second-order valence-electron chi connectivity index (χ2n) is 9.10. The summed E-state index contributed by atoms with van der Waals surface area (Å²) in [5.41, 5.74) is 3.94. The number of hydrogen-bond acceptors (Lipinski definition) is 8. The van der Waals surface area contributed by atoms with Crippen LogP contribution in [0.5, 0.6) is 11.5 Å². The predicted molar refractivity (Wildman–Crippen MR) is 149 cm³/mol. The second kappa shape index (κ2) is 12.2. The van der Waals surface area contributed by atoms with Crippen LogP contribution in [0.15, 0.2) is 67.1 Å². The van der Waals surface area contributed by atoms with E-state index in [4.69, 9.17) is 9.47 Å². The Morgan fingerprint density at radius 3 is 2.67 bits per heavy atom. The Hall–Kier alpha value is -3.99. The number of carbonyl (C=O) groups excluding carboxylic acids is 1. The molecule has 0 aliphatic rings. The number of ether oxygens (including phenoxy) is 2. The summed E-state index contributed by atoms with van der Waals surface area (Å²) in [4.78, 5) is 22.4. The van der Waals surface area contributed by atoms with Gasteiger partial charge in [-0.1, -0.05) is 12.1 Å². The van der Waals surface area contributed by atoms with E-state index in [0.29, 0.717) is 30.2 Å². The first kappa shape index (κ1) is 26.6. The summed E-state index contributed by atoms with van der Waals surface area (Å²) in [6, 6.07) is 14.1. The minimum Gasteiger partial charge on any atom is -0.453 e. The van der Waals surface area contributed by atoms with Crippen LogP contribution >= 0.6 is 11.3 Å². The Morgan fingerprint density at radius 1 is 1.05 bits per heavy atom. The lowest BCUT2D eigenvalue weighted by atomic mass is 10.1. The molecule has 0 aliphatic heterocycles. The molecule has 5 rings (SSSR count). The number of aryl methyl sites for hydroxylation is 1. The van der Waals surface area contributed by atoms with E-state index in [1.54, 1.807) is 55.5 Å². The molecule has 0 bridgehead atoms. The fraction of sp³-hybridized carbons (Fsp3) is 0.241. The van der Waals surface area contributed by atoms with Crippen molar-refractivity contribution in [3.8, 4) is 22.1 Å². The number of thiophene rings is 1. The molecule has 1 aromatic carbocycles. The van der Waals surface area contributed by atoms with Crippen LogP contribution in [0.2, 0.25) is 0 Å². The van der Waals surface area contributed by atoms with Crippen molar-refractivity contribution in [2.45, 2.75) is 19.4 Å². The van der Waals surface area contributed by atoms with E-state index >= 15 is 0 Å². The number of halogens is 1. The number of rotatable bonds is 12. The maximum atomic E-state index is 15.0. The Bertz CT molecular complexity index is 1580. The van der Waals surface area contributed by atoms with E-state index in [2.05, 4.69) is 20.4 Å². The molecular formula is C29H28FN5O3S. The van der Waals surface area contributed by atoms with Gasteiger partial charge < -0.3 is 14.8 Å². The molecule has 8 nitrogen and oxygen atoms in total. The average molecular weight is 546 g/mol. The van der Waals surface area contributed by atoms with Gasteiger partial charge in [0.25, 0.3) is 0 Å². The molecule has 0 spiro atoms. The Morgan fingerprint density at radius 2 is 1.92 bits per heavy atom. The molecule has 0 fully saturated rings. The molecule has 39 heavy (non-hydrogen) atoms. The van der Waals surface area contributed by atoms with Crippen molar-refractivity contribution in [3.05, 3.63) is 89.8 Å². The molecule has 0 saturated carbocycles. The molecule has 0 radical (unpaired) electrons. The molecule has 4 heterocycles. The van der Waals surface area contributed by atoms with Gasteiger partial charge in [0.2, 0.25) is 0 Å². The fourth-order valence-corrected chi connectivity index (χ4v) is 5.15. The van der Waals surface area contributed by atoms with E-state index < -0.39 is 5.82 Å². The number of methoxy groups -OCH3 is 1. The number of hydrogen-bond donors (Lipinski definition) is 1. The summed E-state index contributed by atoms with van der Waals surface area (Å²) in [6.07, 6.45) is 5.61. The van der Waals surface area contributed by atoms with Crippen molar-refractivity contribution >= 4 is 27.3 Å². The number of nitrogens with one attached hydrogen (secondary N) is 1. The molecule has 10 heteroatoms. The monoisotopic (exact) mass is 545 g/mol. The topological polar surface area (TPSA) is 91.2 Å². The van der Waals surface area contributed by atoms with Crippen LogP contribution in [0.3, 0.4) is 0 Å². The summed E-state index contributed by atoms with van der Waals surface area (Å²) < 4.78 is 28.4. The summed E-state index contributed by atoms with van der Waals surface area (Å²) in [7, 11) is 3.48. The van der Waals surface area contributed by atoms with Gasteiger partial charge in [0, 0.05) is 58.3 Å². The minimum absolute atomic E-state index is 0.0345. The normalized spacial score (nSPS) is 11.3. The van der Waals surface area contributed by atoms with Gasteiger partial charge in [-0.05, 0) is 41.5 Å². The number of pyridine rings is 2. The SMILES string of the molecule is COCCNCc1ccc(-c2cc3nccc(Oc4ccc(CC(=O)Cc5ccn(C)n5)cc4F)c3s2)nc1. The van der Waals surface area contributed by atoms with Crippen molar-refractivity contribution in [1.29, 1.82) is 0 Å². The summed E-state index contributed by atoms with van der Waals surface area (Å²) in [5, 5.41) is 7.53. The van der Waals surface area contributed by atoms with Gasteiger partial charge in [0.15, 0.2) is 11.6 Å². The first-order valence-corrected chi connectivity index (χ1v) is 13.3. The lowest BCUT2D eigenvalue weighted by molar-refractivity contribution is -0.117. The highest BCUT2D eigenvalue weighted by Gasteiger charge is 2.15. The molecule has 1 N–H and O–H groups in total. The number of nitrogens with zero attached hydrogens (tertiary/aromatic N) is 4. The maximum Gasteiger partial charge on any atom is 0.166 e. The van der Waals surface area contributed by atoms with Gasteiger partial charge in [-0.3, -0.25) is 19.4 Å². The fourth-order valence-electron chi connectivity index (χ4n) is 4.11. The van der Waals surface area contributed by atoms with Gasteiger partial charge in [-0.2, -0.15) is 5.10 Å². The third-order valence-electron chi connectivity index (χ3n) is 6.03. The molecule has 0 aliphatic carbocycles. The molecule has 4 aromatic heterocycles. The van der Waals surface area contributed by atoms with E-state index in [9.17, 15) is 9.18 Å². The lowest BCUT2D eigenvalue weighted by Crippen LogP contribution is -2.18. The molecule has 200 valence electrons. The van der Waals surface area contributed by atoms with Crippen molar-refractivity contribution in [2.24, 2.45) is 7.05 Å². The highest BCUT2D eigenvalue weighted by atomic mass is 32.1. The van der Waals surface area contributed by atoms with Crippen LogP contribution in [0.4, 0.5) is 4.39 Å². The lowest BCUT2D eigenvalue weighted by Gasteiger charge is -2.09. The van der Waals surface area contributed by atoms with Crippen molar-refractivity contribution in [1.82, 2.24) is 25.1 Å². The number of carbonyl (C=O) groups is 1. The van der Waals surface area contributed by atoms with Crippen LogP contribution < -0.4 is 10.1 Å². The Balaban J connectivity index is 1.27. The minimum atomic E-state index is -0.531. The Kier molecular flexibility index (Phi) is 8.36. The first-order valence-electron chi connectivity index (χ1n) is 12.5. The summed E-state index contributed by atoms with van der Waals surface area (Å²) in [6.45, 7) is 2.15. The molecule has 0 atom stereocenters. The number of Topliss-reactive ketones (excluding diaryl/α,β-unsaturated/α-hetero) is 1. The van der Waals surface area contributed by atoms with Crippen molar-refractivity contribution in [3.63, 3.8) is 0 Å². The smallest absolute Gasteiger partial charge is 0.166 e. The number of ketones is 1. The third kappa shape index (κ3) is 6.72. The maximum absolute atomic E-state index is 15.0. The van der Waals surface area contributed by atoms with E-state index in [1.165, 1.54) is 17.4 Å². The van der Waals surface area contributed by atoms with Gasteiger partial charge >= 0.3 is 0 Å². The van der Waals surface area contributed by atoms with Crippen LogP contribution in [0.25, 0.3) is 20.8 Å². The highest BCUT2D eigenvalue weighted by molar-refractivity contribution is 7.22.